The lowest BCUT2D eigenvalue weighted by atomic mass is 10.1. The molecule has 0 N–H and O–H groups in total. The minimum atomic E-state index is 1.18. The lowest BCUT2D eigenvalue weighted by Crippen LogP contribution is -1.93. The smallest absolute Gasteiger partial charge is 0.0646 e. The van der Waals surface area contributed by atoms with Crippen LogP contribution in [-0.2, 0) is 0 Å². The average Bonchev–Trinajstić information content (AvgIpc) is 3.37. The van der Waals surface area contributed by atoms with Crippen LogP contribution >= 0.6 is 22.9 Å². The van der Waals surface area contributed by atoms with Crippen LogP contribution in [0.5, 0.6) is 0 Å². The van der Waals surface area contributed by atoms with Gasteiger partial charge in [-0.25, -0.2) is 0 Å². The van der Waals surface area contributed by atoms with Gasteiger partial charge >= 0.3 is 0 Å². The first kappa shape index (κ1) is 18.9. The van der Waals surface area contributed by atoms with Crippen molar-refractivity contribution in [2.45, 2.75) is 0 Å². The van der Waals surface area contributed by atoms with Crippen molar-refractivity contribution in [2.24, 2.45) is 0 Å². The Kier molecular flexibility index (Phi) is 4.15. The monoisotopic (exact) mass is 534 g/mol. The number of para-hydroxylation sites is 2. The normalized spacial score (nSPS) is 11.8. The zero-order valence-electron chi connectivity index (χ0n) is 17.7. The molecule has 0 spiro atoms. The highest BCUT2D eigenvalue weighted by atomic mass is 127. The largest absolute Gasteiger partial charge is 0.309 e. The van der Waals surface area contributed by atoms with Gasteiger partial charge in [0.25, 0.3) is 0 Å². The second-order valence-corrected chi connectivity index (χ2v) is 9.38. The molecular formula is C30H19IN2. The number of benzene rings is 5. The summed E-state index contributed by atoms with van der Waals surface area (Å²) in [4.78, 5) is 0. The molecule has 2 aromatic heterocycles. The third kappa shape index (κ3) is 2.72. The van der Waals surface area contributed by atoms with E-state index in [1.54, 1.807) is 0 Å². The summed E-state index contributed by atoms with van der Waals surface area (Å²) in [6, 6.07) is 41.5. The van der Waals surface area contributed by atoms with Gasteiger partial charge in [-0.05, 0) is 47.5 Å². The van der Waals surface area contributed by atoms with E-state index in [1.165, 1.54) is 60.4 Å². The Morgan fingerprint density at radius 1 is 0.424 bits per heavy atom. The highest BCUT2D eigenvalue weighted by Crippen LogP contribution is 2.41. The van der Waals surface area contributed by atoms with Gasteiger partial charge in [-0.2, -0.15) is 0 Å². The van der Waals surface area contributed by atoms with E-state index in [-0.39, 0.29) is 0 Å². The van der Waals surface area contributed by atoms with Gasteiger partial charge in [0, 0.05) is 27.2 Å². The predicted octanol–water partition coefficient (Wildman–Crippen LogP) is 8.76. The maximum Gasteiger partial charge on any atom is 0.0646 e. The first-order valence-electron chi connectivity index (χ1n) is 11.1. The predicted molar refractivity (Wildman–Crippen MR) is 149 cm³/mol. The number of fused-ring (bicyclic) bond motifs is 7. The summed E-state index contributed by atoms with van der Waals surface area (Å²) in [6.45, 7) is 0. The highest BCUT2D eigenvalue weighted by molar-refractivity contribution is 14.1. The second kappa shape index (κ2) is 7.22. The molecule has 2 nitrogen and oxygen atoms in total. The van der Waals surface area contributed by atoms with Crippen LogP contribution in [0, 0.1) is 0 Å². The van der Waals surface area contributed by atoms with Crippen LogP contribution in [0.4, 0.5) is 0 Å². The van der Waals surface area contributed by atoms with Gasteiger partial charge in [0.1, 0.15) is 0 Å². The summed E-state index contributed by atoms with van der Waals surface area (Å²) in [5.74, 6) is 0. The zero-order valence-corrected chi connectivity index (χ0v) is 19.9. The fourth-order valence-electron chi connectivity index (χ4n) is 5.18. The minimum absolute atomic E-state index is 1.18. The molecule has 2 heterocycles. The van der Waals surface area contributed by atoms with Crippen LogP contribution in [0.15, 0.2) is 115 Å². The maximum atomic E-state index is 2.43. The summed E-state index contributed by atoms with van der Waals surface area (Å²) in [5.41, 5.74) is 8.63. The van der Waals surface area contributed by atoms with Crippen molar-refractivity contribution >= 4 is 66.5 Å². The van der Waals surface area contributed by atoms with Gasteiger partial charge < -0.3 is 4.57 Å². The molecule has 0 radical (unpaired) electrons. The number of rotatable bonds is 2. The molecule has 156 valence electrons. The van der Waals surface area contributed by atoms with Crippen molar-refractivity contribution in [2.75, 3.05) is 0 Å². The molecule has 0 aliphatic rings. The third-order valence-electron chi connectivity index (χ3n) is 6.65. The van der Waals surface area contributed by atoms with Gasteiger partial charge in [-0.3, -0.25) is 2.78 Å². The molecule has 0 fully saturated rings. The van der Waals surface area contributed by atoms with E-state index in [9.17, 15) is 0 Å². The molecular weight excluding hydrogens is 515 g/mol. The molecule has 0 unspecified atom stereocenters. The zero-order chi connectivity index (χ0) is 21.9. The minimum Gasteiger partial charge on any atom is -0.309 e. The molecule has 3 heteroatoms. The molecule has 7 rings (SSSR count). The average molecular weight is 534 g/mol. The van der Waals surface area contributed by atoms with E-state index in [2.05, 4.69) is 145 Å². The SMILES string of the molecule is In1c2ccccc2c2c3c4ccccc4n(-c4ccc(-c5ccccc5)cc4)c3ccc21. The third-order valence-corrected chi connectivity index (χ3v) is 7.69. The van der Waals surface area contributed by atoms with Crippen molar-refractivity contribution in [1.29, 1.82) is 0 Å². The summed E-state index contributed by atoms with van der Waals surface area (Å²) in [6.07, 6.45) is 0. The number of hydrogen-bond acceptors (Lipinski definition) is 0. The molecule has 0 saturated heterocycles. The standard InChI is InChI=1S/C30H19IN2/c31-33-26-13-7-5-11-24(26)30-28(33)19-18-27-29(30)23-10-4-6-12-25(23)32(27)22-16-14-21(15-17-22)20-8-2-1-3-9-20/h1-19H. The molecule has 0 bridgehead atoms. The van der Waals surface area contributed by atoms with Crippen molar-refractivity contribution < 1.29 is 0 Å². The first-order chi connectivity index (χ1) is 16.3. The summed E-state index contributed by atoms with van der Waals surface area (Å²) >= 11 is 2.43. The van der Waals surface area contributed by atoms with Gasteiger partial charge in [0.05, 0.1) is 44.9 Å². The van der Waals surface area contributed by atoms with Crippen LogP contribution in [0.25, 0.3) is 60.4 Å². The van der Waals surface area contributed by atoms with E-state index in [4.69, 9.17) is 0 Å². The van der Waals surface area contributed by atoms with Crippen molar-refractivity contribution in [3.63, 3.8) is 0 Å². The maximum absolute atomic E-state index is 2.43. The van der Waals surface area contributed by atoms with Gasteiger partial charge in [0.15, 0.2) is 0 Å². The van der Waals surface area contributed by atoms with E-state index in [0.717, 1.165) is 0 Å². The summed E-state index contributed by atoms with van der Waals surface area (Å²) in [5, 5.41) is 5.24. The van der Waals surface area contributed by atoms with Crippen molar-refractivity contribution in [3.05, 3.63) is 115 Å². The van der Waals surface area contributed by atoms with E-state index >= 15 is 0 Å². The van der Waals surface area contributed by atoms with E-state index < -0.39 is 0 Å². The lowest BCUT2D eigenvalue weighted by molar-refractivity contribution is 1.18. The van der Waals surface area contributed by atoms with Crippen molar-refractivity contribution in [1.82, 2.24) is 7.35 Å². The Hall–Kier alpha value is -3.57. The van der Waals surface area contributed by atoms with Crippen LogP contribution in [0.1, 0.15) is 0 Å². The van der Waals surface area contributed by atoms with Crippen LogP contribution in [-0.4, -0.2) is 7.35 Å². The van der Waals surface area contributed by atoms with Gasteiger partial charge in [-0.1, -0.05) is 78.9 Å². The molecule has 0 aliphatic heterocycles. The summed E-state index contributed by atoms with van der Waals surface area (Å²) < 4.78 is 4.68. The molecule has 33 heavy (non-hydrogen) atoms. The van der Waals surface area contributed by atoms with Gasteiger partial charge in [0.2, 0.25) is 0 Å². The molecule has 0 saturated carbocycles. The number of halogens is 1. The first-order valence-corrected chi connectivity index (χ1v) is 12.0. The topological polar surface area (TPSA) is 9.86 Å². The van der Waals surface area contributed by atoms with Crippen molar-refractivity contribution in [3.8, 4) is 16.8 Å². The Balaban J connectivity index is 1.57. The van der Waals surface area contributed by atoms with Crippen LogP contribution < -0.4 is 0 Å². The summed E-state index contributed by atoms with van der Waals surface area (Å²) in [7, 11) is 0. The fraction of sp³-hybridized carbons (Fsp3) is 0. The van der Waals surface area contributed by atoms with Crippen LogP contribution in [0.3, 0.4) is 0 Å². The molecule has 5 aromatic carbocycles. The fourth-order valence-corrected chi connectivity index (χ4v) is 6.01. The Bertz CT molecular complexity index is 1810. The van der Waals surface area contributed by atoms with E-state index in [0.29, 0.717) is 0 Å². The Morgan fingerprint density at radius 3 is 1.73 bits per heavy atom. The van der Waals surface area contributed by atoms with E-state index in [1.807, 2.05) is 0 Å². The highest BCUT2D eigenvalue weighted by Gasteiger charge is 2.18. The number of hydrogen-bond donors (Lipinski definition) is 0. The quantitative estimate of drug-likeness (QED) is 0.196. The number of nitrogens with zero attached hydrogens (tertiary/aromatic N) is 2. The lowest BCUT2D eigenvalue weighted by Gasteiger charge is -2.09. The Labute approximate surface area is 205 Å². The molecule has 7 aromatic rings. The van der Waals surface area contributed by atoms with Crippen LogP contribution in [0.2, 0.25) is 0 Å². The van der Waals surface area contributed by atoms with Gasteiger partial charge in [-0.15, -0.1) is 0 Å². The molecule has 0 amide bonds. The molecule has 0 aliphatic carbocycles. The molecule has 0 atom stereocenters. The number of aromatic nitrogens is 2. The Morgan fingerprint density at radius 2 is 0.970 bits per heavy atom. The second-order valence-electron chi connectivity index (χ2n) is 8.42.